The highest BCUT2D eigenvalue weighted by molar-refractivity contribution is 14.1. The molecule has 0 aliphatic rings. The first-order valence-corrected chi connectivity index (χ1v) is 7.06. The third kappa shape index (κ3) is 3.73. The first-order chi connectivity index (χ1) is 7.56. The Labute approximate surface area is 118 Å². The molecule has 0 radical (unpaired) electrons. The summed E-state index contributed by atoms with van der Waals surface area (Å²) in [6.45, 7) is 4.53. The standard InChI is InChI=1S/C12H14BrIO2/c1-3-4-5-16-12(15)9-6-8(2)7-10(13)11(9)14/h6-7H,3-5H2,1-2H3. The first-order valence-electron chi connectivity index (χ1n) is 5.19. The van der Waals surface area contributed by atoms with Gasteiger partial charge in [0.1, 0.15) is 0 Å². The van der Waals surface area contributed by atoms with Gasteiger partial charge in [-0.05, 0) is 69.6 Å². The lowest BCUT2D eigenvalue weighted by atomic mass is 10.1. The lowest BCUT2D eigenvalue weighted by molar-refractivity contribution is 0.0498. The van der Waals surface area contributed by atoms with Crippen LogP contribution in [0, 0.1) is 10.5 Å². The first kappa shape index (κ1) is 14.0. The zero-order valence-electron chi connectivity index (χ0n) is 9.35. The molecule has 4 heteroatoms. The van der Waals surface area contributed by atoms with Gasteiger partial charge in [-0.3, -0.25) is 0 Å². The molecule has 0 unspecified atom stereocenters. The summed E-state index contributed by atoms with van der Waals surface area (Å²) in [7, 11) is 0. The molecule has 1 aromatic rings. The van der Waals surface area contributed by atoms with Crippen molar-refractivity contribution < 1.29 is 9.53 Å². The number of carbonyl (C=O) groups is 1. The minimum absolute atomic E-state index is 0.234. The zero-order valence-corrected chi connectivity index (χ0v) is 13.1. The molecule has 0 fully saturated rings. The lowest BCUT2D eigenvalue weighted by Crippen LogP contribution is -2.08. The number of rotatable bonds is 4. The average Bonchev–Trinajstić information content (AvgIpc) is 2.23. The van der Waals surface area contributed by atoms with Gasteiger partial charge in [-0.1, -0.05) is 13.3 Å². The van der Waals surface area contributed by atoms with E-state index in [1.807, 2.05) is 19.1 Å². The van der Waals surface area contributed by atoms with Crippen molar-refractivity contribution in [2.45, 2.75) is 26.7 Å². The fraction of sp³-hybridized carbons (Fsp3) is 0.417. The molecule has 0 saturated carbocycles. The van der Waals surface area contributed by atoms with Gasteiger partial charge >= 0.3 is 5.97 Å². The third-order valence-electron chi connectivity index (χ3n) is 2.12. The van der Waals surface area contributed by atoms with E-state index in [4.69, 9.17) is 4.74 Å². The minimum atomic E-state index is -0.234. The van der Waals surface area contributed by atoms with Crippen LogP contribution in [0.3, 0.4) is 0 Å². The molecule has 1 aromatic carbocycles. The Hall–Kier alpha value is -0.100. The van der Waals surface area contributed by atoms with E-state index in [0.717, 1.165) is 26.4 Å². The SMILES string of the molecule is CCCCOC(=O)c1cc(C)cc(Br)c1I. The van der Waals surface area contributed by atoms with Gasteiger partial charge in [0.2, 0.25) is 0 Å². The topological polar surface area (TPSA) is 26.3 Å². The van der Waals surface area contributed by atoms with Gasteiger partial charge in [-0.2, -0.15) is 0 Å². The van der Waals surface area contributed by atoms with Gasteiger partial charge in [0.05, 0.1) is 12.2 Å². The van der Waals surface area contributed by atoms with Crippen LogP contribution in [0.15, 0.2) is 16.6 Å². The monoisotopic (exact) mass is 396 g/mol. The summed E-state index contributed by atoms with van der Waals surface area (Å²) in [5, 5.41) is 0. The van der Waals surface area contributed by atoms with E-state index in [-0.39, 0.29) is 5.97 Å². The summed E-state index contributed by atoms with van der Waals surface area (Å²) >= 11 is 5.58. The number of carbonyl (C=O) groups excluding carboxylic acids is 1. The molecular weight excluding hydrogens is 383 g/mol. The molecule has 0 bridgehead atoms. The second-order valence-corrected chi connectivity index (χ2v) is 5.53. The van der Waals surface area contributed by atoms with Crippen molar-refractivity contribution >= 4 is 44.5 Å². The highest BCUT2D eigenvalue weighted by Crippen LogP contribution is 2.25. The smallest absolute Gasteiger partial charge is 0.339 e. The van der Waals surface area contributed by atoms with E-state index in [2.05, 4.69) is 45.4 Å². The highest BCUT2D eigenvalue weighted by atomic mass is 127. The molecule has 88 valence electrons. The summed E-state index contributed by atoms with van der Waals surface area (Å²) in [6.07, 6.45) is 1.94. The molecule has 16 heavy (non-hydrogen) atoms. The predicted molar refractivity (Wildman–Crippen MR) is 76.8 cm³/mol. The fourth-order valence-corrected chi connectivity index (χ4v) is 2.37. The number of ether oxygens (including phenoxy) is 1. The summed E-state index contributed by atoms with van der Waals surface area (Å²) in [6, 6.07) is 3.85. The fourth-order valence-electron chi connectivity index (χ4n) is 1.26. The van der Waals surface area contributed by atoms with Crippen LogP contribution < -0.4 is 0 Å². The quantitative estimate of drug-likeness (QED) is 0.430. The number of esters is 1. The van der Waals surface area contributed by atoms with Gasteiger partial charge in [0, 0.05) is 8.04 Å². The Morgan fingerprint density at radius 1 is 1.50 bits per heavy atom. The molecule has 2 nitrogen and oxygen atoms in total. The summed E-state index contributed by atoms with van der Waals surface area (Å²) < 4.78 is 7.04. The van der Waals surface area contributed by atoms with E-state index >= 15 is 0 Å². The van der Waals surface area contributed by atoms with Crippen LogP contribution in [0.4, 0.5) is 0 Å². The molecule has 1 rings (SSSR count). The largest absolute Gasteiger partial charge is 0.462 e. The number of aryl methyl sites for hydroxylation is 1. The van der Waals surface area contributed by atoms with E-state index in [9.17, 15) is 4.79 Å². The lowest BCUT2D eigenvalue weighted by Gasteiger charge is -2.08. The second kappa shape index (κ2) is 6.59. The zero-order chi connectivity index (χ0) is 12.1. The highest BCUT2D eigenvalue weighted by Gasteiger charge is 2.14. The summed E-state index contributed by atoms with van der Waals surface area (Å²) in [5.74, 6) is -0.234. The van der Waals surface area contributed by atoms with Crippen molar-refractivity contribution in [1.82, 2.24) is 0 Å². The maximum absolute atomic E-state index is 11.8. The van der Waals surface area contributed by atoms with E-state index < -0.39 is 0 Å². The molecule has 0 aliphatic heterocycles. The molecule has 0 atom stereocenters. The molecular formula is C12H14BrIO2. The number of hydrogen-bond acceptors (Lipinski definition) is 2. The molecule has 0 heterocycles. The van der Waals surface area contributed by atoms with Crippen LogP contribution in [0.1, 0.15) is 35.7 Å². The molecule has 0 amide bonds. The molecule has 0 spiro atoms. The van der Waals surface area contributed by atoms with Gasteiger partial charge in [-0.25, -0.2) is 4.79 Å². The van der Waals surface area contributed by atoms with Crippen LogP contribution in [0.25, 0.3) is 0 Å². The number of benzene rings is 1. The maximum atomic E-state index is 11.8. The molecule has 0 N–H and O–H groups in total. The van der Waals surface area contributed by atoms with Crippen molar-refractivity contribution in [1.29, 1.82) is 0 Å². The Bertz CT molecular complexity index is 391. The van der Waals surface area contributed by atoms with E-state index in [1.165, 1.54) is 0 Å². The van der Waals surface area contributed by atoms with Crippen LogP contribution >= 0.6 is 38.5 Å². The van der Waals surface area contributed by atoms with Crippen molar-refractivity contribution in [3.8, 4) is 0 Å². The summed E-state index contributed by atoms with van der Waals surface area (Å²) in [5.41, 5.74) is 1.69. The molecule has 0 aromatic heterocycles. The van der Waals surface area contributed by atoms with Crippen LogP contribution in [0.2, 0.25) is 0 Å². The normalized spacial score (nSPS) is 10.2. The third-order valence-corrected chi connectivity index (χ3v) is 4.65. The Balaban J connectivity index is 2.82. The van der Waals surface area contributed by atoms with Crippen molar-refractivity contribution in [3.05, 3.63) is 31.3 Å². The van der Waals surface area contributed by atoms with Gasteiger partial charge in [-0.15, -0.1) is 0 Å². The Morgan fingerprint density at radius 2 is 2.19 bits per heavy atom. The predicted octanol–water partition coefficient (Wildman–Crippen LogP) is 4.32. The van der Waals surface area contributed by atoms with E-state index in [1.54, 1.807) is 0 Å². The Morgan fingerprint density at radius 3 is 2.81 bits per heavy atom. The van der Waals surface area contributed by atoms with Gasteiger partial charge in [0.15, 0.2) is 0 Å². The van der Waals surface area contributed by atoms with Crippen molar-refractivity contribution in [2.24, 2.45) is 0 Å². The van der Waals surface area contributed by atoms with Crippen LogP contribution in [-0.4, -0.2) is 12.6 Å². The Kier molecular flexibility index (Phi) is 5.75. The number of hydrogen-bond donors (Lipinski definition) is 0. The maximum Gasteiger partial charge on any atom is 0.339 e. The second-order valence-electron chi connectivity index (χ2n) is 3.60. The van der Waals surface area contributed by atoms with Crippen LogP contribution in [-0.2, 0) is 4.74 Å². The number of halogens is 2. The molecule has 0 aliphatic carbocycles. The van der Waals surface area contributed by atoms with Gasteiger partial charge < -0.3 is 4.74 Å². The minimum Gasteiger partial charge on any atom is -0.462 e. The van der Waals surface area contributed by atoms with Crippen LogP contribution in [0.5, 0.6) is 0 Å². The molecule has 0 saturated heterocycles. The number of unbranched alkanes of at least 4 members (excludes halogenated alkanes) is 1. The van der Waals surface area contributed by atoms with Crippen molar-refractivity contribution in [2.75, 3.05) is 6.61 Å². The average molecular weight is 397 g/mol. The summed E-state index contributed by atoms with van der Waals surface area (Å²) in [4.78, 5) is 11.8. The van der Waals surface area contributed by atoms with E-state index in [0.29, 0.717) is 12.2 Å². The van der Waals surface area contributed by atoms with Crippen molar-refractivity contribution in [3.63, 3.8) is 0 Å². The van der Waals surface area contributed by atoms with Gasteiger partial charge in [0.25, 0.3) is 0 Å².